The summed E-state index contributed by atoms with van der Waals surface area (Å²) >= 11 is 0. The van der Waals surface area contributed by atoms with Gasteiger partial charge in [0.05, 0.1) is 6.10 Å². The molecule has 5 aliphatic rings. The third-order valence-corrected chi connectivity index (χ3v) is 11.5. The van der Waals surface area contributed by atoms with Gasteiger partial charge in [0.25, 0.3) is 0 Å². The Bertz CT molecular complexity index is 676. The molecule has 0 bridgehead atoms. The van der Waals surface area contributed by atoms with Gasteiger partial charge in [-0.15, -0.1) is 0 Å². The molecule has 164 valence electrons. The fourth-order valence-corrected chi connectivity index (χ4v) is 9.35. The second-order valence-electron chi connectivity index (χ2n) is 13.3. The summed E-state index contributed by atoms with van der Waals surface area (Å²) in [6, 6.07) is 0. The second kappa shape index (κ2) is 6.85. The maximum absolute atomic E-state index is 10.2. The van der Waals surface area contributed by atoms with Crippen LogP contribution in [0.3, 0.4) is 0 Å². The van der Waals surface area contributed by atoms with Crippen molar-refractivity contribution in [3.8, 4) is 0 Å². The van der Waals surface area contributed by atoms with E-state index in [0.717, 1.165) is 48.3 Å². The highest BCUT2D eigenvalue weighted by molar-refractivity contribution is 5.25. The van der Waals surface area contributed by atoms with Gasteiger partial charge in [-0.1, -0.05) is 52.7 Å². The molecule has 9 unspecified atom stereocenters. The van der Waals surface area contributed by atoms with Crippen molar-refractivity contribution in [3.05, 3.63) is 11.6 Å². The Balaban J connectivity index is 1.30. The monoisotopic (exact) mass is 398 g/mol. The molecule has 0 aromatic heterocycles. The lowest BCUT2D eigenvalue weighted by molar-refractivity contribution is -0.0573. The molecule has 5 rings (SSSR count). The average Bonchev–Trinajstić information content (AvgIpc) is 3.11. The fourth-order valence-electron chi connectivity index (χ4n) is 9.35. The molecule has 0 spiro atoms. The summed E-state index contributed by atoms with van der Waals surface area (Å²) in [5.74, 6) is 5.63. The van der Waals surface area contributed by atoms with Gasteiger partial charge in [-0.3, -0.25) is 0 Å². The first-order chi connectivity index (χ1) is 13.6. The first kappa shape index (κ1) is 20.6. The Morgan fingerprint density at radius 3 is 2.52 bits per heavy atom. The van der Waals surface area contributed by atoms with Gasteiger partial charge in [0.2, 0.25) is 0 Å². The highest BCUT2D eigenvalue weighted by Crippen LogP contribution is 2.67. The molecular formula is C28H46O. The van der Waals surface area contributed by atoms with Crippen molar-refractivity contribution in [2.45, 2.75) is 111 Å². The van der Waals surface area contributed by atoms with E-state index < -0.39 is 0 Å². The number of fused-ring (bicyclic) bond motifs is 5. The Morgan fingerprint density at radius 2 is 1.79 bits per heavy atom. The van der Waals surface area contributed by atoms with E-state index in [0.29, 0.717) is 16.2 Å². The molecule has 4 saturated carbocycles. The number of aliphatic hydroxyl groups is 1. The maximum atomic E-state index is 10.2. The predicted molar refractivity (Wildman–Crippen MR) is 121 cm³/mol. The molecule has 1 nitrogen and oxygen atoms in total. The van der Waals surface area contributed by atoms with E-state index in [1.807, 2.05) is 0 Å². The highest BCUT2D eigenvalue weighted by atomic mass is 16.3. The molecule has 0 aromatic rings. The molecule has 29 heavy (non-hydrogen) atoms. The topological polar surface area (TPSA) is 20.2 Å². The zero-order chi connectivity index (χ0) is 20.6. The minimum atomic E-state index is -0.0760. The quantitative estimate of drug-likeness (QED) is 0.489. The molecule has 9 atom stereocenters. The van der Waals surface area contributed by atoms with Crippen LogP contribution in [0.15, 0.2) is 11.6 Å². The van der Waals surface area contributed by atoms with Crippen LogP contribution in [0.5, 0.6) is 0 Å². The van der Waals surface area contributed by atoms with E-state index in [2.05, 4.69) is 40.7 Å². The van der Waals surface area contributed by atoms with Crippen LogP contribution in [0.1, 0.15) is 105 Å². The summed E-state index contributed by atoms with van der Waals surface area (Å²) in [5, 5.41) is 10.2. The van der Waals surface area contributed by atoms with Crippen LogP contribution < -0.4 is 0 Å². The summed E-state index contributed by atoms with van der Waals surface area (Å²) in [6.07, 6.45) is 17.3. The minimum Gasteiger partial charge on any atom is -0.393 e. The molecule has 0 heterocycles. The van der Waals surface area contributed by atoms with Crippen LogP contribution in [0.4, 0.5) is 0 Å². The Hall–Kier alpha value is -0.300. The summed E-state index contributed by atoms with van der Waals surface area (Å²) in [7, 11) is 0. The Morgan fingerprint density at radius 1 is 1.03 bits per heavy atom. The van der Waals surface area contributed by atoms with Crippen molar-refractivity contribution in [3.63, 3.8) is 0 Å². The average molecular weight is 399 g/mol. The molecule has 5 aliphatic carbocycles. The molecule has 0 aromatic carbocycles. The van der Waals surface area contributed by atoms with Crippen LogP contribution in [0, 0.1) is 51.8 Å². The van der Waals surface area contributed by atoms with Gasteiger partial charge < -0.3 is 5.11 Å². The SMILES string of the molecule is CC(CCC1CC1(C)C)C1CCC2C3CC=C4CC(O)CCC4(C)C3CCC12C. The van der Waals surface area contributed by atoms with E-state index in [9.17, 15) is 5.11 Å². The first-order valence-corrected chi connectivity index (χ1v) is 13.0. The number of allylic oxidation sites excluding steroid dienone is 1. The molecule has 0 radical (unpaired) electrons. The van der Waals surface area contributed by atoms with Crippen LogP contribution in [0.2, 0.25) is 0 Å². The van der Waals surface area contributed by atoms with E-state index in [-0.39, 0.29) is 6.10 Å². The molecule has 1 heteroatoms. The van der Waals surface area contributed by atoms with Crippen molar-refractivity contribution >= 4 is 0 Å². The second-order valence-corrected chi connectivity index (χ2v) is 13.3. The highest BCUT2D eigenvalue weighted by Gasteiger charge is 2.59. The lowest BCUT2D eigenvalue weighted by atomic mass is 9.47. The van der Waals surface area contributed by atoms with E-state index in [1.54, 1.807) is 5.57 Å². The van der Waals surface area contributed by atoms with Crippen molar-refractivity contribution in [2.24, 2.45) is 51.8 Å². The molecule has 0 aliphatic heterocycles. The first-order valence-electron chi connectivity index (χ1n) is 13.0. The van der Waals surface area contributed by atoms with Crippen LogP contribution in [-0.2, 0) is 0 Å². The van der Waals surface area contributed by atoms with Gasteiger partial charge in [-0.25, -0.2) is 0 Å². The van der Waals surface area contributed by atoms with Gasteiger partial charge in [-0.2, -0.15) is 0 Å². The summed E-state index contributed by atoms with van der Waals surface area (Å²) in [5.41, 5.74) is 3.26. The fraction of sp³-hybridized carbons (Fsp3) is 0.929. The van der Waals surface area contributed by atoms with Gasteiger partial charge in [0.1, 0.15) is 0 Å². The zero-order valence-electron chi connectivity index (χ0n) is 19.8. The van der Waals surface area contributed by atoms with Crippen molar-refractivity contribution in [2.75, 3.05) is 0 Å². The van der Waals surface area contributed by atoms with Gasteiger partial charge in [0.15, 0.2) is 0 Å². The van der Waals surface area contributed by atoms with Crippen molar-refractivity contribution in [1.82, 2.24) is 0 Å². The Kier molecular flexibility index (Phi) is 4.86. The number of hydrogen-bond acceptors (Lipinski definition) is 1. The zero-order valence-corrected chi connectivity index (χ0v) is 19.8. The molecular weight excluding hydrogens is 352 g/mol. The van der Waals surface area contributed by atoms with E-state index >= 15 is 0 Å². The van der Waals surface area contributed by atoms with Crippen LogP contribution in [-0.4, -0.2) is 11.2 Å². The third-order valence-electron chi connectivity index (χ3n) is 11.5. The maximum Gasteiger partial charge on any atom is 0.0577 e. The summed E-state index contributed by atoms with van der Waals surface area (Å²) in [6.45, 7) is 12.8. The van der Waals surface area contributed by atoms with Gasteiger partial charge in [-0.05, 0) is 116 Å². The van der Waals surface area contributed by atoms with Gasteiger partial charge in [0, 0.05) is 0 Å². The van der Waals surface area contributed by atoms with Crippen LogP contribution >= 0.6 is 0 Å². The summed E-state index contributed by atoms with van der Waals surface area (Å²) < 4.78 is 0. The van der Waals surface area contributed by atoms with Crippen molar-refractivity contribution < 1.29 is 5.11 Å². The van der Waals surface area contributed by atoms with Crippen molar-refractivity contribution in [1.29, 1.82) is 0 Å². The lowest BCUT2D eigenvalue weighted by Crippen LogP contribution is -2.50. The number of rotatable bonds is 4. The lowest BCUT2D eigenvalue weighted by Gasteiger charge is -2.58. The standard InChI is InChI=1S/C28H46O/c1-18(6-7-20-17-26(20,2)3)23-10-11-24-22-9-8-19-16-21(29)12-14-27(19,4)25(22)13-15-28(23,24)5/h8,18,20-25,29H,6-7,9-17H2,1-5H3. The third kappa shape index (κ3) is 3.19. The largest absolute Gasteiger partial charge is 0.393 e. The molecule has 4 fully saturated rings. The Labute approximate surface area is 180 Å². The smallest absolute Gasteiger partial charge is 0.0577 e. The molecule has 0 amide bonds. The number of hydrogen-bond donors (Lipinski definition) is 1. The number of aliphatic hydroxyl groups excluding tert-OH is 1. The predicted octanol–water partition coefficient (Wildman–Crippen LogP) is 7.39. The minimum absolute atomic E-state index is 0.0760. The summed E-state index contributed by atoms with van der Waals surface area (Å²) in [4.78, 5) is 0. The van der Waals surface area contributed by atoms with Crippen LogP contribution in [0.25, 0.3) is 0 Å². The van der Waals surface area contributed by atoms with E-state index in [1.165, 1.54) is 57.8 Å². The van der Waals surface area contributed by atoms with E-state index in [4.69, 9.17) is 0 Å². The normalized spacial score (nSPS) is 51.4. The van der Waals surface area contributed by atoms with Gasteiger partial charge >= 0.3 is 0 Å². The molecule has 0 saturated heterocycles. The molecule has 1 N–H and O–H groups in total.